The van der Waals surface area contributed by atoms with Crippen LogP contribution in [0, 0.1) is 17.2 Å². The van der Waals surface area contributed by atoms with Crippen molar-refractivity contribution >= 4 is 11.1 Å². The van der Waals surface area contributed by atoms with Crippen molar-refractivity contribution in [1.82, 2.24) is 4.90 Å². The Kier molecular flexibility index (Phi) is 7.07. The van der Waals surface area contributed by atoms with Gasteiger partial charge in [0.2, 0.25) is 0 Å². The summed E-state index contributed by atoms with van der Waals surface area (Å²) in [6.07, 6.45) is 2.05. The first kappa shape index (κ1) is 24.7. The van der Waals surface area contributed by atoms with E-state index in [0.717, 1.165) is 53.6 Å². The molecule has 0 amide bonds. The van der Waals surface area contributed by atoms with Crippen LogP contribution >= 0.6 is 0 Å². The molecule has 0 aliphatic carbocycles. The summed E-state index contributed by atoms with van der Waals surface area (Å²) in [6.45, 7) is 8.12. The molecule has 3 aromatic carbocycles. The van der Waals surface area contributed by atoms with Gasteiger partial charge in [-0.3, -0.25) is 4.90 Å². The van der Waals surface area contributed by atoms with Crippen molar-refractivity contribution in [3.8, 4) is 29.1 Å². The molecule has 2 N–H and O–H groups in total. The molecule has 0 spiro atoms. The van der Waals surface area contributed by atoms with E-state index in [1.165, 1.54) is 18.9 Å². The van der Waals surface area contributed by atoms with E-state index in [4.69, 9.17) is 9.47 Å². The lowest BCUT2D eigenvalue weighted by Gasteiger charge is -2.31. The number of phenolic OH excluding ortho intramolecular Hbond substituents is 2. The zero-order valence-corrected chi connectivity index (χ0v) is 21.3. The zero-order valence-electron chi connectivity index (χ0n) is 21.3. The van der Waals surface area contributed by atoms with Crippen molar-refractivity contribution in [3.63, 3.8) is 0 Å². The van der Waals surface area contributed by atoms with E-state index in [-0.39, 0.29) is 11.5 Å². The van der Waals surface area contributed by atoms with E-state index in [1.807, 2.05) is 31.2 Å². The molecule has 1 fully saturated rings. The Bertz CT molecular complexity index is 1360. The summed E-state index contributed by atoms with van der Waals surface area (Å²) in [5.74, 6) is 2.45. The van der Waals surface area contributed by atoms with Gasteiger partial charge in [-0.1, -0.05) is 25.5 Å². The van der Waals surface area contributed by atoms with E-state index in [9.17, 15) is 15.5 Å². The van der Waals surface area contributed by atoms with Crippen molar-refractivity contribution in [2.45, 2.75) is 32.8 Å². The summed E-state index contributed by atoms with van der Waals surface area (Å²) in [4.78, 5) is 2.47. The van der Waals surface area contributed by atoms with Crippen LogP contribution in [0.5, 0.6) is 23.0 Å². The Hall–Kier alpha value is -3.95. The van der Waals surface area contributed by atoms with Gasteiger partial charge in [0.25, 0.3) is 0 Å². The fourth-order valence-electron chi connectivity index (χ4n) is 5.36. The predicted molar refractivity (Wildman–Crippen MR) is 144 cm³/mol. The van der Waals surface area contributed by atoms with Crippen molar-refractivity contribution in [1.29, 1.82) is 5.26 Å². The monoisotopic (exact) mass is 496 g/mol. The molecular formula is C31H32N2O4. The molecule has 2 aliphatic rings. The molecule has 37 heavy (non-hydrogen) atoms. The quantitative estimate of drug-likeness (QED) is 0.408. The third kappa shape index (κ3) is 5.28. The topological polar surface area (TPSA) is 86.0 Å². The summed E-state index contributed by atoms with van der Waals surface area (Å²) >= 11 is 0. The van der Waals surface area contributed by atoms with Crippen LogP contribution in [0.25, 0.3) is 11.1 Å². The van der Waals surface area contributed by atoms with Gasteiger partial charge in [0.15, 0.2) is 0 Å². The molecule has 6 heteroatoms. The standard InChI is InChI=1S/C31H32N2O4/c1-3-21-10-11-33(19-21)12-13-36-27-7-4-23(5-8-27)31-30(24-14-22(18-32)15-26(35)16-24)20(2)28-17-25(34)6-9-29(28)37-31/h4-9,14-17,21,31,34-35H,3,10-13,19H2,1-2H3/t21-,31?/m1/s1. The second-order valence-corrected chi connectivity index (χ2v) is 9.88. The second-order valence-electron chi connectivity index (χ2n) is 9.88. The summed E-state index contributed by atoms with van der Waals surface area (Å²) in [5, 5.41) is 29.8. The van der Waals surface area contributed by atoms with E-state index in [0.29, 0.717) is 23.5 Å². The molecule has 0 bridgehead atoms. The number of hydrogen-bond acceptors (Lipinski definition) is 6. The lowest BCUT2D eigenvalue weighted by atomic mass is 9.85. The van der Waals surface area contributed by atoms with Gasteiger partial charge in [-0.05, 0) is 91.0 Å². The van der Waals surface area contributed by atoms with E-state index in [1.54, 1.807) is 30.3 Å². The van der Waals surface area contributed by atoms with Crippen LogP contribution in [0.4, 0.5) is 0 Å². The van der Waals surface area contributed by atoms with Crippen molar-refractivity contribution in [2.75, 3.05) is 26.2 Å². The number of fused-ring (bicyclic) bond motifs is 1. The third-order valence-corrected chi connectivity index (χ3v) is 7.44. The fraction of sp³-hybridized carbons (Fsp3) is 0.323. The van der Waals surface area contributed by atoms with Crippen LogP contribution in [0.1, 0.15) is 55.0 Å². The van der Waals surface area contributed by atoms with Crippen LogP contribution in [0.15, 0.2) is 60.7 Å². The highest BCUT2D eigenvalue weighted by Crippen LogP contribution is 2.48. The van der Waals surface area contributed by atoms with Gasteiger partial charge >= 0.3 is 0 Å². The number of nitrogens with zero attached hydrogens (tertiary/aromatic N) is 2. The van der Waals surface area contributed by atoms with Crippen LogP contribution in [0.3, 0.4) is 0 Å². The highest BCUT2D eigenvalue weighted by molar-refractivity contribution is 5.96. The maximum atomic E-state index is 10.3. The maximum absolute atomic E-state index is 10.3. The van der Waals surface area contributed by atoms with Gasteiger partial charge in [0.1, 0.15) is 35.7 Å². The van der Waals surface area contributed by atoms with E-state index < -0.39 is 6.10 Å². The Morgan fingerprint density at radius 3 is 2.59 bits per heavy atom. The van der Waals surface area contributed by atoms with Gasteiger partial charge in [0, 0.05) is 24.2 Å². The van der Waals surface area contributed by atoms with Gasteiger partial charge in [-0.2, -0.15) is 5.26 Å². The lowest BCUT2D eigenvalue weighted by Crippen LogP contribution is -2.26. The summed E-state index contributed by atoms with van der Waals surface area (Å²) in [7, 11) is 0. The molecule has 2 aliphatic heterocycles. The zero-order chi connectivity index (χ0) is 25.9. The molecule has 2 heterocycles. The molecule has 1 saturated heterocycles. The van der Waals surface area contributed by atoms with Crippen molar-refractivity contribution < 1.29 is 19.7 Å². The highest BCUT2D eigenvalue weighted by Gasteiger charge is 2.30. The average Bonchev–Trinajstić information content (AvgIpc) is 3.37. The Balaban J connectivity index is 1.41. The van der Waals surface area contributed by atoms with Crippen LogP contribution in [-0.4, -0.2) is 41.4 Å². The molecule has 190 valence electrons. The molecule has 6 nitrogen and oxygen atoms in total. The highest BCUT2D eigenvalue weighted by atomic mass is 16.5. The molecule has 0 saturated carbocycles. The number of benzene rings is 3. The van der Waals surface area contributed by atoms with Crippen molar-refractivity contribution in [3.05, 3.63) is 82.9 Å². The smallest absolute Gasteiger partial charge is 0.150 e. The third-order valence-electron chi connectivity index (χ3n) is 7.44. The molecular weight excluding hydrogens is 464 g/mol. The Labute approximate surface area is 218 Å². The van der Waals surface area contributed by atoms with E-state index in [2.05, 4.69) is 17.9 Å². The van der Waals surface area contributed by atoms with Crippen LogP contribution in [0.2, 0.25) is 0 Å². The Morgan fingerprint density at radius 1 is 1.05 bits per heavy atom. The number of rotatable bonds is 7. The minimum Gasteiger partial charge on any atom is -0.508 e. The first-order valence-corrected chi connectivity index (χ1v) is 12.9. The number of hydrogen-bond donors (Lipinski definition) is 2. The van der Waals surface area contributed by atoms with Gasteiger partial charge < -0.3 is 19.7 Å². The first-order chi connectivity index (χ1) is 17.9. The molecule has 5 rings (SSSR count). The van der Waals surface area contributed by atoms with Crippen LogP contribution < -0.4 is 9.47 Å². The normalized spacial score (nSPS) is 19.3. The largest absolute Gasteiger partial charge is 0.508 e. The molecule has 1 unspecified atom stereocenters. The minimum absolute atomic E-state index is 0.0156. The number of nitriles is 1. The van der Waals surface area contributed by atoms with Crippen LogP contribution in [-0.2, 0) is 0 Å². The molecule has 0 radical (unpaired) electrons. The Morgan fingerprint density at radius 2 is 1.86 bits per heavy atom. The minimum atomic E-state index is -0.463. The molecule has 0 aromatic heterocycles. The molecule has 3 aromatic rings. The number of aromatic hydroxyl groups is 2. The number of allylic oxidation sites excluding steroid dienone is 1. The summed E-state index contributed by atoms with van der Waals surface area (Å²) in [6, 6.07) is 19.9. The first-order valence-electron chi connectivity index (χ1n) is 12.9. The van der Waals surface area contributed by atoms with Gasteiger partial charge in [-0.25, -0.2) is 0 Å². The van der Waals surface area contributed by atoms with Crippen molar-refractivity contribution in [2.24, 2.45) is 5.92 Å². The number of phenols is 2. The second kappa shape index (κ2) is 10.6. The van der Waals surface area contributed by atoms with E-state index >= 15 is 0 Å². The number of ether oxygens (including phenoxy) is 2. The SMILES string of the molecule is CC[C@@H]1CCN(CCOc2ccc(C3Oc4ccc(O)cc4C(C)=C3c3cc(O)cc(C#N)c3)cc2)C1. The number of likely N-dealkylation sites (tertiary alicyclic amines) is 1. The lowest BCUT2D eigenvalue weighted by molar-refractivity contribution is 0.232. The molecule has 2 atom stereocenters. The predicted octanol–water partition coefficient (Wildman–Crippen LogP) is 6.14. The fourth-order valence-corrected chi connectivity index (χ4v) is 5.36. The van der Waals surface area contributed by atoms with Gasteiger partial charge in [-0.15, -0.1) is 0 Å². The van der Waals surface area contributed by atoms with Gasteiger partial charge in [0.05, 0.1) is 11.6 Å². The summed E-state index contributed by atoms with van der Waals surface area (Å²) in [5.41, 5.74) is 4.51. The average molecular weight is 497 g/mol. The summed E-state index contributed by atoms with van der Waals surface area (Å²) < 4.78 is 12.5. The maximum Gasteiger partial charge on any atom is 0.150 e.